The van der Waals surface area contributed by atoms with Gasteiger partial charge in [0.2, 0.25) is 0 Å². The highest BCUT2D eigenvalue weighted by Crippen LogP contribution is 2.11. The molecule has 0 atom stereocenters. The monoisotopic (exact) mass is 397 g/mol. The van der Waals surface area contributed by atoms with Crippen molar-refractivity contribution < 1.29 is 19.1 Å². The van der Waals surface area contributed by atoms with Crippen LogP contribution >= 0.6 is 0 Å². The van der Waals surface area contributed by atoms with E-state index >= 15 is 0 Å². The molecule has 0 saturated carbocycles. The van der Waals surface area contributed by atoms with Crippen molar-refractivity contribution in [3.05, 3.63) is 71.8 Å². The van der Waals surface area contributed by atoms with Crippen LogP contribution in [0.25, 0.3) is 0 Å². The molecule has 156 valence electrons. The Hall–Kier alpha value is -2.66. The summed E-state index contributed by atoms with van der Waals surface area (Å²) in [6, 6.07) is 19.6. The minimum atomic E-state index is -0.484. The van der Waals surface area contributed by atoms with Crippen LogP contribution in [0.5, 0.6) is 0 Å². The van der Waals surface area contributed by atoms with Crippen molar-refractivity contribution in [1.82, 2.24) is 4.90 Å². The zero-order valence-electron chi connectivity index (χ0n) is 17.6. The predicted octanol–water partition coefficient (Wildman–Crippen LogP) is 4.35. The average Bonchev–Trinajstić information content (AvgIpc) is 2.66. The first-order valence-electron chi connectivity index (χ1n) is 9.99. The van der Waals surface area contributed by atoms with Crippen LogP contribution in [-0.2, 0) is 32.2 Å². The Labute approximate surface area is 173 Å². The molecular formula is C24H31NO4. The molecule has 0 heterocycles. The van der Waals surface area contributed by atoms with E-state index < -0.39 is 5.60 Å². The van der Waals surface area contributed by atoms with Crippen molar-refractivity contribution in [1.29, 1.82) is 0 Å². The molecule has 0 aliphatic rings. The first-order chi connectivity index (χ1) is 13.8. The number of hydrogen-bond acceptors (Lipinski definition) is 5. The zero-order chi connectivity index (χ0) is 21.1. The lowest BCUT2D eigenvalue weighted by atomic mass is 10.2. The molecule has 0 radical (unpaired) electrons. The summed E-state index contributed by atoms with van der Waals surface area (Å²) in [5.41, 5.74) is 1.59. The van der Waals surface area contributed by atoms with Crippen LogP contribution in [-0.4, -0.2) is 35.5 Å². The summed E-state index contributed by atoms with van der Waals surface area (Å²) in [7, 11) is 0. The van der Waals surface area contributed by atoms with Gasteiger partial charge < -0.3 is 9.47 Å². The van der Waals surface area contributed by atoms with Crippen LogP contribution in [0.1, 0.15) is 44.7 Å². The van der Waals surface area contributed by atoms with Gasteiger partial charge in [-0.2, -0.15) is 0 Å². The molecule has 0 bridgehead atoms. The van der Waals surface area contributed by atoms with E-state index in [0.29, 0.717) is 25.9 Å². The molecule has 0 N–H and O–H groups in total. The number of rotatable bonds is 10. The highest BCUT2D eigenvalue weighted by molar-refractivity contribution is 5.72. The zero-order valence-corrected chi connectivity index (χ0v) is 17.6. The van der Waals surface area contributed by atoms with Crippen LogP contribution in [0.4, 0.5) is 0 Å². The Morgan fingerprint density at radius 1 is 0.862 bits per heavy atom. The topological polar surface area (TPSA) is 55.8 Å². The largest absolute Gasteiger partial charge is 0.460 e. The van der Waals surface area contributed by atoms with Crippen molar-refractivity contribution >= 4 is 11.9 Å². The van der Waals surface area contributed by atoms with Gasteiger partial charge in [-0.05, 0) is 44.9 Å². The summed E-state index contributed by atoms with van der Waals surface area (Å²) in [6.45, 7) is 7.23. The summed E-state index contributed by atoms with van der Waals surface area (Å²) in [6.07, 6.45) is 0.940. The van der Waals surface area contributed by atoms with Gasteiger partial charge in [0, 0.05) is 13.0 Å². The van der Waals surface area contributed by atoms with E-state index in [1.807, 2.05) is 86.3 Å². The number of esters is 2. The van der Waals surface area contributed by atoms with Crippen molar-refractivity contribution in [3.8, 4) is 0 Å². The van der Waals surface area contributed by atoms with Gasteiger partial charge in [-0.25, -0.2) is 0 Å². The summed E-state index contributed by atoms with van der Waals surface area (Å²) in [5.74, 6) is -0.495. The average molecular weight is 398 g/mol. The fourth-order valence-electron chi connectivity index (χ4n) is 2.86. The van der Waals surface area contributed by atoms with Crippen molar-refractivity contribution in [3.63, 3.8) is 0 Å². The lowest BCUT2D eigenvalue weighted by molar-refractivity contribution is -0.154. The van der Waals surface area contributed by atoms with Gasteiger partial charge in [-0.15, -0.1) is 0 Å². The first-order valence-corrected chi connectivity index (χ1v) is 9.99. The molecule has 0 fully saturated rings. The minimum Gasteiger partial charge on any atom is -0.460 e. The maximum absolute atomic E-state index is 12.3. The number of carbonyl (C=O) groups is 2. The lowest BCUT2D eigenvalue weighted by Crippen LogP contribution is -2.32. The maximum atomic E-state index is 12.3. The predicted molar refractivity (Wildman–Crippen MR) is 113 cm³/mol. The van der Waals surface area contributed by atoms with Crippen LogP contribution in [0.3, 0.4) is 0 Å². The lowest BCUT2D eigenvalue weighted by Gasteiger charge is -2.22. The number of nitrogens with zero attached hydrogens (tertiary/aromatic N) is 1. The molecule has 5 heteroatoms. The second-order valence-electron chi connectivity index (χ2n) is 8.03. The smallest absolute Gasteiger partial charge is 0.320 e. The summed E-state index contributed by atoms with van der Waals surface area (Å²) in [4.78, 5) is 26.3. The van der Waals surface area contributed by atoms with Gasteiger partial charge in [-0.3, -0.25) is 14.5 Å². The molecule has 0 saturated heterocycles. The summed E-state index contributed by atoms with van der Waals surface area (Å²) in [5, 5.41) is 0. The van der Waals surface area contributed by atoms with Gasteiger partial charge in [-0.1, -0.05) is 60.7 Å². The van der Waals surface area contributed by atoms with Gasteiger partial charge in [0.15, 0.2) is 0 Å². The van der Waals surface area contributed by atoms with Gasteiger partial charge >= 0.3 is 11.9 Å². The number of ether oxygens (including phenoxy) is 2. The van der Waals surface area contributed by atoms with Crippen LogP contribution < -0.4 is 0 Å². The molecule has 2 aromatic rings. The number of benzene rings is 2. The van der Waals surface area contributed by atoms with Crippen molar-refractivity contribution in [2.24, 2.45) is 0 Å². The molecule has 0 aliphatic heterocycles. The molecule has 29 heavy (non-hydrogen) atoms. The Bertz CT molecular complexity index is 753. The summed E-state index contributed by atoms with van der Waals surface area (Å²) >= 11 is 0. The first kappa shape index (κ1) is 22.6. The molecule has 0 amide bonds. The van der Waals surface area contributed by atoms with Crippen molar-refractivity contribution in [2.45, 2.75) is 52.4 Å². The molecule has 0 aliphatic carbocycles. The Balaban J connectivity index is 1.86. The van der Waals surface area contributed by atoms with E-state index in [9.17, 15) is 9.59 Å². The van der Waals surface area contributed by atoms with Crippen LogP contribution in [0, 0.1) is 0 Å². The SMILES string of the molecule is CC(C)(C)OC(=O)CCCN(CC(=O)OCc1ccccc1)Cc1ccccc1. The molecule has 0 unspecified atom stereocenters. The Morgan fingerprint density at radius 2 is 1.45 bits per heavy atom. The Kier molecular flexibility index (Phi) is 8.87. The maximum Gasteiger partial charge on any atom is 0.320 e. The van der Waals surface area contributed by atoms with E-state index in [0.717, 1.165) is 11.1 Å². The van der Waals surface area contributed by atoms with E-state index in [-0.39, 0.29) is 25.1 Å². The minimum absolute atomic E-state index is 0.177. The fraction of sp³-hybridized carbons (Fsp3) is 0.417. The standard InChI is InChI=1S/C24H31NO4/c1-24(2,3)29-22(26)15-10-16-25(17-20-11-6-4-7-12-20)18-23(27)28-19-21-13-8-5-9-14-21/h4-9,11-14H,10,15-19H2,1-3H3. The second kappa shape index (κ2) is 11.4. The second-order valence-corrected chi connectivity index (χ2v) is 8.03. The van der Waals surface area contributed by atoms with Crippen LogP contribution in [0.2, 0.25) is 0 Å². The quantitative estimate of drug-likeness (QED) is 0.558. The van der Waals surface area contributed by atoms with E-state index in [4.69, 9.17) is 9.47 Å². The number of carbonyl (C=O) groups excluding carboxylic acids is 2. The third kappa shape index (κ3) is 9.90. The van der Waals surface area contributed by atoms with Gasteiger partial charge in [0.1, 0.15) is 12.2 Å². The molecule has 0 aromatic heterocycles. The number of hydrogen-bond donors (Lipinski definition) is 0. The molecule has 0 spiro atoms. The summed E-state index contributed by atoms with van der Waals surface area (Å²) < 4.78 is 10.8. The molecular weight excluding hydrogens is 366 g/mol. The van der Waals surface area contributed by atoms with Crippen molar-refractivity contribution in [2.75, 3.05) is 13.1 Å². The molecule has 5 nitrogen and oxygen atoms in total. The highest BCUT2D eigenvalue weighted by Gasteiger charge is 2.17. The van der Waals surface area contributed by atoms with E-state index in [1.165, 1.54) is 0 Å². The Morgan fingerprint density at radius 3 is 2.03 bits per heavy atom. The van der Waals surface area contributed by atoms with Gasteiger partial charge in [0.25, 0.3) is 0 Å². The van der Waals surface area contributed by atoms with E-state index in [2.05, 4.69) is 0 Å². The third-order valence-electron chi connectivity index (χ3n) is 4.12. The van der Waals surface area contributed by atoms with E-state index in [1.54, 1.807) is 0 Å². The fourth-order valence-corrected chi connectivity index (χ4v) is 2.86. The molecule has 2 rings (SSSR count). The highest BCUT2D eigenvalue weighted by atomic mass is 16.6. The molecule has 2 aromatic carbocycles. The third-order valence-corrected chi connectivity index (χ3v) is 4.12. The normalized spacial score (nSPS) is 11.3. The van der Waals surface area contributed by atoms with Gasteiger partial charge in [0.05, 0.1) is 6.54 Å². The van der Waals surface area contributed by atoms with Crippen LogP contribution in [0.15, 0.2) is 60.7 Å².